The van der Waals surface area contributed by atoms with Crippen molar-refractivity contribution in [3.05, 3.63) is 48.5 Å². The zero-order valence-corrected chi connectivity index (χ0v) is 12.3. The Hall–Kier alpha value is -1.78. The highest BCUT2D eigenvalue weighted by Gasteiger charge is 2.18. The lowest BCUT2D eigenvalue weighted by molar-refractivity contribution is 0.306. The lowest BCUT2D eigenvalue weighted by Gasteiger charge is -2.12. The van der Waals surface area contributed by atoms with Crippen molar-refractivity contribution in [1.82, 2.24) is 0 Å². The van der Waals surface area contributed by atoms with E-state index in [-0.39, 0.29) is 0 Å². The van der Waals surface area contributed by atoms with Crippen LogP contribution in [0.5, 0.6) is 5.75 Å². The van der Waals surface area contributed by atoms with Gasteiger partial charge in [0.2, 0.25) is 0 Å². The Kier molecular flexibility index (Phi) is 5.84. The van der Waals surface area contributed by atoms with Crippen LogP contribution in [-0.2, 0) is 0 Å². The second-order valence-electron chi connectivity index (χ2n) is 5.04. The fraction of sp³-hybridized carbons (Fsp3) is 0.294. The summed E-state index contributed by atoms with van der Waals surface area (Å²) < 4.78 is 5.67. The molecule has 0 aliphatic heterocycles. The van der Waals surface area contributed by atoms with Crippen LogP contribution < -0.4 is 10.2 Å². The van der Waals surface area contributed by atoms with Crippen LogP contribution in [0.2, 0.25) is 0 Å². The number of benzene rings is 2. The Labute approximate surface area is 126 Å². The molecule has 0 saturated heterocycles. The van der Waals surface area contributed by atoms with Gasteiger partial charge in [-0.25, -0.2) is 0 Å². The molecular weight excluding hydrogens is 263 g/mol. The Balaban J connectivity index is 2.20. The lowest BCUT2D eigenvalue weighted by atomic mass is 9.75. The normalized spacial score (nSPS) is 10.4. The van der Waals surface area contributed by atoms with Crippen LogP contribution in [0.1, 0.15) is 26.2 Å². The number of hydrogen-bond acceptors (Lipinski definition) is 3. The summed E-state index contributed by atoms with van der Waals surface area (Å²) in [4.78, 5) is 0. The highest BCUT2D eigenvalue weighted by atomic mass is 16.5. The average molecular weight is 284 g/mol. The fourth-order valence-corrected chi connectivity index (χ4v) is 2.27. The maximum Gasteiger partial charge on any atom is 0.489 e. The highest BCUT2D eigenvalue weighted by Crippen LogP contribution is 2.21. The Morgan fingerprint density at radius 3 is 2.43 bits per heavy atom. The average Bonchev–Trinajstić information content (AvgIpc) is 2.52. The van der Waals surface area contributed by atoms with Gasteiger partial charge in [-0.05, 0) is 35.1 Å². The summed E-state index contributed by atoms with van der Waals surface area (Å²) >= 11 is 0. The molecule has 0 fully saturated rings. The first-order chi connectivity index (χ1) is 10.2. The highest BCUT2D eigenvalue weighted by molar-refractivity contribution is 6.60. The summed E-state index contributed by atoms with van der Waals surface area (Å²) in [6.45, 7) is 2.80. The summed E-state index contributed by atoms with van der Waals surface area (Å²) in [5.41, 5.74) is 2.24. The molecule has 4 heteroatoms. The van der Waals surface area contributed by atoms with Gasteiger partial charge in [-0.15, -0.1) is 0 Å². The van der Waals surface area contributed by atoms with Gasteiger partial charge in [-0.2, -0.15) is 0 Å². The first-order valence-corrected chi connectivity index (χ1v) is 7.40. The summed E-state index contributed by atoms with van der Waals surface area (Å²) in [5, 5.41) is 19.2. The van der Waals surface area contributed by atoms with Crippen molar-refractivity contribution in [2.45, 2.75) is 26.2 Å². The molecule has 0 unspecified atom stereocenters. The zero-order valence-electron chi connectivity index (χ0n) is 12.3. The van der Waals surface area contributed by atoms with E-state index >= 15 is 0 Å². The van der Waals surface area contributed by atoms with Gasteiger partial charge in [-0.3, -0.25) is 0 Å². The zero-order chi connectivity index (χ0) is 15.1. The number of hydrogen-bond donors (Lipinski definition) is 2. The molecule has 2 aromatic rings. The van der Waals surface area contributed by atoms with Crippen molar-refractivity contribution < 1.29 is 14.8 Å². The monoisotopic (exact) mass is 284 g/mol. The molecule has 2 N–H and O–H groups in total. The van der Waals surface area contributed by atoms with Gasteiger partial charge in [0.25, 0.3) is 0 Å². The van der Waals surface area contributed by atoms with E-state index in [0.29, 0.717) is 17.8 Å². The van der Waals surface area contributed by atoms with Gasteiger partial charge in [0.05, 0.1) is 6.61 Å². The van der Waals surface area contributed by atoms with Gasteiger partial charge in [0.15, 0.2) is 0 Å². The second kappa shape index (κ2) is 7.86. The molecule has 2 rings (SSSR count). The first kappa shape index (κ1) is 15.6. The van der Waals surface area contributed by atoms with E-state index < -0.39 is 7.12 Å². The van der Waals surface area contributed by atoms with Crippen molar-refractivity contribution in [3.8, 4) is 16.9 Å². The van der Waals surface area contributed by atoms with Gasteiger partial charge in [0.1, 0.15) is 5.75 Å². The molecule has 0 radical (unpaired) electrons. The van der Waals surface area contributed by atoms with Crippen LogP contribution in [-0.4, -0.2) is 23.8 Å². The fourth-order valence-electron chi connectivity index (χ4n) is 2.27. The van der Waals surface area contributed by atoms with Crippen molar-refractivity contribution in [3.63, 3.8) is 0 Å². The maximum atomic E-state index is 9.60. The Morgan fingerprint density at radius 2 is 1.76 bits per heavy atom. The van der Waals surface area contributed by atoms with Crippen LogP contribution in [0.3, 0.4) is 0 Å². The van der Waals surface area contributed by atoms with Crippen LogP contribution in [0.15, 0.2) is 48.5 Å². The quantitative estimate of drug-likeness (QED) is 0.607. The van der Waals surface area contributed by atoms with E-state index in [1.807, 2.05) is 42.5 Å². The minimum absolute atomic E-state index is 0.467. The van der Waals surface area contributed by atoms with Crippen LogP contribution in [0.4, 0.5) is 0 Å². The van der Waals surface area contributed by atoms with Crippen molar-refractivity contribution in [2.75, 3.05) is 6.61 Å². The Morgan fingerprint density at radius 1 is 1.00 bits per heavy atom. The number of ether oxygens (including phenoxy) is 1. The minimum Gasteiger partial charge on any atom is -0.494 e. The number of unbranched alkanes of at least 4 members (excludes halogenated alkanes) is 2. The molecule has 0 saturated carbocycles. The smallest absolute Gasteiger partial charge is 0.489 e. The molecule has 0 aromatic heterocycles. The molecule has 110 valence electrons. The van der Waals surface area contributed by atoms with Crippen molar-refractivity contribution >= 4 is 12.6 Å². The lowest BCUT2D eigenvalue weighted by Crippen LogP contribution is -2.31. The summed E-state index contributed by atoms with van der Waals surface area (Å²) in [6, 6.07) is 15.1. The van der Waals surface area contributed by atoms with Gasteiger partial charge >= 0.3 is 7.12 Å². The minimum atomic E-state index is -1.51. The first-order valence-electron chi connectivity index (χ1n) is 7.40. The summed E-state index contributed by atoms with van der Waals surface area (Å²) in [7, 11) is -1.51. The van der Waals surface area contributed by atoms with E-state index in [1.165, 1.54) is 0 Å². The largest absolute Gasteiger partial charge is 0.494 e. The standard InChI is InChI=1S/C17H21BO3/c1-2-3-7-12-21-15-10-11-16(17(13-15)18(19)20)14-8-5-4-6-9-14/h4-6,8-11,13,19-20H,2-3,7,12H2,1H3. The summed E-state index contributed by atoms with van der Waals surface area (Å²) in [6.07, 6.45) is 3.29. The van der Waals surface area contributed by atoms with E-state index in [9.17, 15) is 10.0 Å². The molecule has 0 bridgehead atoms. The third-order valence-corrected chi connectivity index (χ3v) is 3.40. The van der Waals surface area contributed by atoms with E-state index in [1.54, 1.807) is 6.07 Å². The molecule has 0 aliphatic rings. The molecule has 21 heavy (non-hydrogen) atoms. The molecule has 0 amide bonds. The molecular formula is C17H21BO3. The van der Waals surface area contributed by atoms with Gasteiger partial charge in [-0.1, -0.05) is 56.2 Å². The maximum absolute atomic E-state index is 9.60. The van der Waals surface area contributed by atoms with Crippen molar-refractivity contribution in [1.29, 1.82) is 0 Å². The molecule has 2 aromatic carbocycles. The molecule has 3 nitrogen and oxygen atoms in total. The van der Waals surface area contributed by atoms with Crippen LogP contribution >= 0.6 is 0 Å². The van der Waals surface area contributed by atoms with E-state index in [4.69, 9.17) is 4.74 Å². The SMILES string of the molecule is CCCCCOc1ccc(-c2ccccc2)c(B(O)O)c1. The van der Waals surface area contributed by atoms with Crippen molar-refractivity contribution in [2.24, 2.45) is 0 Å². The van der Waals surface area contributed by atoms with E-state index in [0.717, 1.165) is 30.4 Å². The molecule has 0 atom stereocenters. The molecule has 0 aliphatic carbocycles. The second-order valence-corrected chi connectivity index (χ2v) is 5.04. The van der Waals surface area contributed by atoms with Crippen LogP contribution in [0.25, 0.3) is 11.1 Å². The van der Waals surface area contributed by atoms with E-state index in [2.05, 4.69) is 6.92 Å². The third-order valence-electron chi connectivity index (χ3n) is 3.40. The van der Waals surface area contributed by atoms with Gasteiger partial charge in [0, 0.05) is 0 Å². The topological polar surface area (TPSA) is 49.7 Å². The third kappa shape index (κ3) is 4.35. The summed E-state index contributed by atoms with van der Waals surface area (Å²) in [5.74, 6) is 0.675. The predicted molar refractivity (Wildman–Crippen MR) is 86.7 cm³/mol. The predicted octanol–water partition coefficient (Wildman–Crippen LogP) is 2.60. The molecule has 0 heterocycles. The Bertz CT molecular complexity index is 555. The molecule has 0 spiro atoms. The van der Waals surface area contributed by atoms with Crippen LogP contribution in [0, 0.1) is 0 Å². The number of rotatable bonds is 7. The van der Waals surface area contributed by atoms with Gasteiger partial charge < -0.3 is 14.8 Å².